The molecule has 2 unspecified atom stereocenters. The van der Waals surface area contributed by atoms with E-state index in [0.29, 0.717) is 12.8 Å². The number of aliphatic hydroxyl groups excluding tert-OH is 1. The average molecular weight is 360 g/mol. The number of hydrogen-bond donors (Lipinski definition) is 1. The van der Waals surface area contributed by atoms with Gasteiger partial charge in [-0.1, -0.05) is 13.8 Å². The van der Waals surface area contributed by atoms with Gasteiger partial charge in [0.2, 0.25) is 0 Å². The second-order valence-corrected chi connectivity index (χ2v) is 8.91. The van der Waals surface area contributed by atoms with Crippen LogP contribution in [0.5, 0.6) is 0 Å². The first-order valence-corrected chi connectivity index (χ1v) is 9.78. The highest BCUT2D eigenvalue weighted by Crippen LogP contribution is 2.61. The maximum atomic E-state index is 12.2. The minimum absolute atomic E-state index is 0.0199. The molecule has 0 spiro atoms. The Kier molecular flexibility index (Phi) is 4.83. The van der Waals surface area contributed by atoms with Crippen LogP contribution in [0.25, 0.3) is 0 Å². The predicted octanol–water partition coefficient (Wildman–Crippen LogP) is 2.13. The zero-order chi connectivity index (χ0) is 17.7. The fourth-order valence-corrected chi connectivity index (χ4v) is 6.33. The van der Waals surface area contributed by atoms with Crippen LogP contribution in [0.1, 0.15) is 53.4 Å². The summed E-state index contributed by atoms with van der Waals surface area (Å²) in [7, 11) is 0. The van der Waals surface area contributed by atoms with Crippen LogP contribution >= 0.6 is 0 Å². The Hall–Kier alpha value is -0.500. The lowest BCUT2D eigenvalue weighted by Gasteiger charge is -2.62. The van der Waals surface area contributed by atoms with Crippen molar-refractivity contribution < 1.29 is 27.2 Å². The third-order valence-corrected chi connectivity index (χ3v) is 7.45. The van der Waals surface area contributed by atoms with E-state index in [2.05, 4.69) is 6.92 Å². The zero-order valence-corrected chi connectivity index (χ0v) is 15.6. The van der Waals surface area contributed by atoms with Gasteiger partial charge in [-0.25, -0.2) is 0 Å². The van der Waals surface area contributed by atoms with Crippen LogP contribution < -0.4 is 0 Å². The van der Waals surface area contributed by atoms with Crippen LogP contribution in [-0.2, 0) is 29.3 Å². The molecule has 0 amide bonds. The Balaban J connectivity index is 1.99. The summed E-state index contributed by atoms with van der Waals surface area (Å²) >= 11 is -1.78. The summed E-state index contributed by atoms with van der Waals surface area (Å²) in [5, 5.41) is 9.61. The molecule has 1 heterocycles. The minimum atomic E-state index is -1.78. The third-order valence-electron chi connectivity index (χ3n) is 6.55. The number of carbonyl (C=O) groups is 1. The molecular weight excluding hydrogens is 332 g/mol. The van der Waals surface area contributed by atoms with Gasteiger partial charge in [-0.3, -0.25) is 13.2 Å². The van der Waals surface area contributed by atoms with Gasteiger partial charge in [0, 0.05) is 24.9 Å². The van der Waals surface area contributed by atoms with Crippen molar-refractivity contribution in [1.82, 2.24) is 0 Å². The summed E-state index contributed by atoms with van der Waals surface area (Å²) in [4.78, 5) is 11.6. The molecule has 1 aliphatic heterocycles. The Morgan fingerprint density at radius 1 is 1.38 bits per heavy atom. The normalized spacial score (nSPS) is 49.1. The topological polar surface area (TPSA) is 82.1 Å². The summed E-state index contributed by atoms with van der Waals surface area (Å²) in [6.45, 7) is 7.65. The molecule has 1 N–H and O–H groups in total. The number of rotatable bonds is 3. The quantitative estimate of drug-likeness (QED) is 0.777. The molecule has 3 rings (SSSR count). The van der Waals surface area contributed by atoms with E-state index in [1.165, 1.54) is 6.92 Å². The van der Waals surface area contributed by atoms with Gasteiger partial charge >= 0.3 is 17.3 Å². The number of esters is 1. The molecule has 3 fully saturated rings. The molecule has 0 aromatic carbocycles. The molecule has 24 heavy (non-hydrogen) atoms. The van der Waals surface area contributed by atoms with Crippen LogP contribution in [0.4, 0.5) is 0 Å². The summed E-state index contributed by atoms with van der Waals surface area (Å²) in [6, 6.07) is 0. The molecule has 7 heteroatoms. The van der Waals surface area contributed by atoms with E-state index in [1.54, 1.807) is 0 Å². The average Bonchev–Trinajstić information content (AvgIpc) is 2.49. The van der Waals surface area contributed by atoms with E-state index in [4.69, 9.17) is 13.1 Å². The lowest BCUT2D eigenvalue weighted by Crippen LogP contribution is -2.67. The van der Waals surface area contributed by atoms with Crippen LogP contribution in [0.3, 0.4) is 0 Å². The smallest absolute Gasteiger partial charge is 0.305 e. The molecule has 138 valence electrons. The number of hydrogen-bond acceptors (Lipinski definition) is 6. The van der Waals surface area contributed by atoms with E-state index < -0.39 is 17.0 Å². The Morgan fingerprint density at radius 3 is 2.71 bits per heavy atom. The number of ether oxygens (including phenoxy) is 1. The van der Waals surface area contributed by atoms with Gasteiger partial charge < -0.3 is 9.84 Å². The molecule has 6 nitrogen and oxygen atoms in total. The van der Waals surface area contributed by atoms with Crippen molar-refractivity contribution in [2.45, 2.75) is 71.2 Å². The van der Waals surface area contributed by atoms with Gasteiger partial charge in [0.05, 0.1) is 11.7 Å². The monoisotopic (exact) mass is 360 g/mol. The molecule has 1 saturated heterocycles. The minimum Gasteiger partial charge on any atom is -0.462 e. The van der Waals surface area contributed by atoms with E-state index in [-0.39, 0.29) is 48.0 Å². The summed E-state index contributed by atoms with van der Waals surface area (Å²) in [6.07, 6.45) is 2.66. The maximum absolute atomic E-state index is 12.2. The first kappa shape index (κ1) is 18.3. The highest BCUT2D eigenvalue weighted by molar-refractivity contribution is 7.75. The van der Waals surface area contributed by atoms with E-state index in [9.17, 15) is 14.1 Å². The lowest BCUT2D eigenvalue weighted by atomic mass is 9.50. The highest BCUT2D eigenvalue weighted by Gasteiger charge is 2.65. The predicted molar refractivity (Wildman–Crippen MR) is 87.9 cm³/mol. The third kappa shape index (κ3) is 2.83. The number of carbonyl (C=O) groups excluding carboxylic acids is 1. The molecule has 0 aromatic heterocycles. The molecule has 2 aliphatic carbocycles. The SMILES string of the molecule is CC(=O)O[C@@H]1CC[C@@]2(C)O[S@](=O)OC3C2[C@@]1(C)CC[C@H]3[C@H](C)CO. The first-order chi connectivity index (χ1) is 11.2. The van der Waals surface area contributed by atoms with Crippen LogP contribution in [0, 0.1) is 23.2 Å². The van der Waals surface area contributed by atoms with Crippen molar-refractivity contribution in [2.24, 2.45) is 23.2 Å². The molecule has 0 bridgehead atoms. The summed E-state index contributed by atoms with van der Waals surface area (Å²) in [5.41, 5.74) is -0.841. The molecule has 8 atom stereocenters. The fourth-order valence-electron chi connectivity index (χ4n) is 5.35. The number of aliphatic hydroxyl groups is 1. The van der Waals surface area contributed by atoms with Crippen molar-refractivity contribution >= 4 is 17.3 Å². The van der Waals surface area contributed by atoms with E-state index >= 15 is 0 Å². The van der Waals surface area contributed by atoms with Crippen LogP contribution in [-0.4, -0.2) is 39.7 Å². The van der Waals surface area contributed by atoms with Crippen LogP contribution in [0.2, 0.25) is 0 Å². The van der Waals surface area contributed by atoms with Crippen molar-refractivity contribution in [3.63, 3.8) is 0 Å². The standard InChI is InChI=1S/C17H28O6S/c1-10(9-18)12-5-7-16(3)13(21-11(2)19)6-8-17(4)15(16)14(12)22-24(20)23-17/h10,12-15,18H,5-9H2,1-4H3/t10-,12+,13-,14?,15?,16+,17-,24-/m1/s1. The lowest BCUT2D eigenvalue weighted by molar-refractivity contribution is -0.232. The maximum Gasteiger partial charge on any atom is 0.305 e. The Bertz CT molecular complexity index is 539. The molecule has 0 radical (unpaired) electrons. The van der Waals surface area contributed by atoms with Crippen molar-refractivity contribution in [1.29, 1.82) is 0 Å². The van der Waals surface area contributed by atoms with Gasteiger partial charge in [-0.15, -0.1) is 0 Å². The van der Waals surface area contributed by atoms with Crippen molar-refractivity contribution in [3.8, 4) is 0 Å². The zero-order valence-electron chi connectivity index (χ0n) is 14.8. The Morgan fingerprint density at radius 2 is 2.08 bits per heavy atom. The summed E-state index contributed by atoms with van der Waals surface area (Å²) in [5.74, 6) is -0.105. The van der Waals surface area contributed by atoms with Crippen molar-refractivity contribution in [2.75, 3.05) is 6.61 Å². The van der Waals surface area contributed by atoms with E-state index in [0.717, 1.165) is 12.8 Å². The molecular formula is C17H28O6S. The summed E-state index contributed by atoms with van der Waals surface area (Å²) < 4.78 is 29.3. The molecule has 2 saturated carbocycles. The molecule has 0 aromatic rings. The second-order valence-electron chi connectivity index (χ2n) is 8.14. The van der Waals surface area contributed by atoms with Gasteiger partial charge in [-0.2, -0.15) is 4.21 Å². The fraction of sp³-hybridized carbons (Fsp3) is 0.941. The van der Waals surface area contributed by atoms with Gasteiger partial charge in [0.1, 0.15) is 6.10 Å². The van der Waals surface area contributed by atoms with Gasteiger partial charge in [0.15, 0.2) is 0 Å². The highest BCUT2D eigenvalue weighted by atomic mass is 32.2. The second kappa shape index (κ2) is 6.34. The van der Waals surface area contributed by atoms with Gasteiger partial charge in [-0.05, 0) is 44.4 Å². The molecule has 3 aliphatic rings. The van der Waals surface area contributed by atoms with Gasteiger partial charge in [0.25, 0.3) is 0 Å². The van der Waals surface area contributed by atoms with Crippen molar-refractivity contribution in [3.05, 3.63) is 0 Å². The van der Waals surface area contributed by atoms with E-state index in [1.807, 2.05) is 13.8 Å². The van der Waals surface area contributed by atoms with Crippen LogP contribution in [0.15, 0.2) is 0 Å². The Labute approximate surface area is 146 Å². The first-order valence-electron chi connectivity index (χ1n) is 8.78. The largest absolute Gasteiger partial charge is 0.462 e.